The Hall–Kier alpha value is -0.766. The fourth-order valence-corrected chi connectivity index (χ4v) is 6.35. The second-order valence-corrected chi connectivity index (χ2v) is 22.1. The van der Waals surface area contributed by atoms with Crippen LogP contribution in [-0.2, 0) is 18.3 Å². The van der Waals surface area contributed by atoms with Gasteiger partial charge < -0.3 is 18.3 Å². The molecule has 33 heavy (non-hydrogen) atoms. The van der Waals surface area contributed by atoms with E-state index in [1.807, 2.05) is 18.2 Å². The minimum atomic E-state index is -2.13. The fraction of sp³-hybridized carbons (Fsp3) is 0.704. The Morgan fingerprint density at radius 3 is 1.70 bits per heavy atom. The van der Waals surface area contributed by atoms with Gasteiger partial charge in [0.1, 0.15) is 18.3 Å². The summed E-state index contributed by atoms with van der Waals surface area (Å²) in [7, 11) is -2.42. The van der Waals surface area contributed by atoms with Gasteiger partial charge in [-0.3, -0.25) is 0 Å². The van der Waals surface area contributed by atoms with Gasteiger partial charge in [0.2, 0.25) is 0 Å². The normalized spacial score (nSPS) is 27.5. The number of hydrogen-bond acceptors (Lipinski definition) is 4. The van der Waals surface area contributed by atoms with Crippen LogP contribution in [-0.4, -0.2) is 54.3 Å². The van der Waals surface area contributed by atoms with Crippen molar-refractivity contribution in [2.75, 3.05) is 7.11 Å². The molecule has 0 saturated carbocycles. The van der Waals surface area contributed by atoms with Gasteiger partial charge >= 0.3 is 0 Å². The van der Waals surface area contributed by atoms with Crippen LogP contribution in [0, 0.1) is 0 Å². The molecule has 2 rings (SSSR count). The maximum atomic E-state index is 7.04. The first-order chi connectivity index (χ1) is 14.9. The Bertz CT molecular complexity index is 793. The Balaban J connectivity index is 2.51. The number of hydrogen-bond donors (Lipinski definition) is 0. The largest absolute Gasteiger partial charge is 0.409 e. The minimum Gasteiger partial charge on any atom is -0.409 e. The third-order valence-electron chi connectivity index (χ3n) is 8.00. The van der Waals surface area contributed by atoms with Gasteiger partial charge in [-0.2, -0.15) is 0 Å². The van der Waals surface area contributed by atoms with Crippen molar-refractivity contribution in [3.63, 3.8) is 0 Å². The molecular weight excluding hydrogens is 444 g/mol. The smallest absolute Gasteiger partial charge is 0.192 e. The van der Waals surface area contributed by atoms with E-state index in [0.717, 1.165) is 11.1 Å². The van der Waals surface area contributed by atoms with E-state index in [1.165, 1.54) is 0 Å². The highest BCUT2D eigenvalue weighted by Gasteiger charge is 2.53. The molecule has 1 aliphatic rings. The highest BCUT2D eigenvalue weighted by molar-refractivity contribution is 6.74. The predicted molar refractivity (Wildman–Crippen MR) is 145 cm³/mol. The van der Waals surface area contributed by atoms with E-state index in [4.69, 9.17) is 18.3 Å². The van der Waals surface area contributed by atoms with Crippen LogP contribution in [0.3, 0.4) is 0 Å². The number of benzene rings is 1. The maximum absolute atomic E-state index is 7.04. The molecule has 0 amide bonds. The van der Waals surface area contributed by atoms with Gasteiger partial charge in [0.25, 0.3) is 0 Å². The fourth-order valence-electron chi connectivity index (χ4n) is 3.70. The zero-order chi connectivity index (χ0) is 25.4. The SMILES string of the molecule is C=C(c1ccccc1)[C@H]1O[C@H](C)[C@@H](O[Si](C)(C)C(C)(C)C)[C@@H](OC)[C@@H]1O[Si](C)(C)C(C)(C)C. The van der Waals surface area contributed by atoms with Gasteiger partial charge in [0, 0.05) is 7.11 Å². The zero-order valence-electron chi connectivity index (χ0n) is 23.1. The molecule has 0 bridgehead atoms. The second kappa shape index (κ2) is 10.1. The Kier molecular flexibility index (Phi) is 8.69. The summed E-state index contributed by atoms with van der Waals surface area (Å²) in [6.07, 6.45) is -1.20. The van der Waals surface area contributed by atoms with E-state index in [2.05, 4.69) is 93.4 Å². The first-order valence-corrected chi connectivity index (χ1v) is 18.0. The standard InChI is InChI=1S/C27H48O4Si2/c1-19(21-17-15-14-16-18-21)22-25(31-33(12,13)27(6,7)8)24(28-9)23(20(2)29-22)30-32(10,11)26(3,4)5/h14-18,20,22-25H,1H2,2-13H3/t20-,22-,23-,24-,25-/m1/s1. The first kappa shape index (κ1) is 28.5. The number of ether oxygens (including phenoxy) is 2. The van der Waals surface area contributed by atoms with Crippen molar-refractivity contribution >= 4 is 22.2 Å². The first-order valence-electron chi connectivity index (χ1n) is 12.2. The van der Waals surface area contributed by atoms with Crippen molar-refractivity contribution in [3.05, 3.63) is 42.5 Å². The van der Waals surface area contributed by atoms with E-state index in [9.17, 15) is 0 Å². The molecule has 1 saturated heterocycles. The van der Waals surface area contributed by atoms with Crippen LogP contribution in [0.15, 0.2) is 36.9 Å². The van der Waals surface area contributed by atoms with E-state index in [1.54, 1.807) is 7.11 Å². The molecule has 1 heterocycles. The molecule has 1 aromatic rings. The summed E-state index contributed by atoms with van der Waals surface area (Å²) >= 11 is 0. The van der Waals surface area contributed by atoms with Gasteiger partial charge in [0.15, 0.2) is 16.6 Å². The van der Waals surface area contributed by atoms with Crippen LogP contribution in [0.1, 0.15) is 54.0 Å². The molecule has 0 aliphatic carbocycles. The number of rotatable bonds is 7. The van der Waals surface area contributed by atoms with Crippen LogP contribution < -0.4 is 0 Å². The molecule has 1 fully saturated rings. The van der Waals surface area contributed by atoms with Crippen molar-refractivity contribution in [2.24, 2.45) is 0 Å². The lowest BCUT2D eigenvalue weighted by Gasteiger charge is -2.52. The van der Waals surface area contributed by atoms with Crippen LogP contribution in [0.5, 0.6) is 0 Å². The molecule has 1 aromatic carbocycles. The highest BCUT2D eigenvalue weighted by atomic mass is 28.4. The van der Waals surface area contributed by atoms with Crippen LogP contribution in [0.2, 0.25) is 36.3 Å². The topological polar surface area (TPSA) is 36.9 Å². The summed E-state index contributed by atoms with van der Waals surface area (Å²) in [6, 6.07) is 10.3. The molecule has 188 valence electrons. The summed E-state index contributed by atoms with van der Waals surface area (Å²) in [5.41, 5.74) is 2.00. The van der Waals surface area contributed by atoms with E-state index in [0.29, 0.717) is 0 Å². The number of methoxy groups -OCH3 is 1. The molecule has 4 nitrogen and oxygen atoms in total. The lowest BCUT2D eigenvalue weighted by atomic mass is 9.89. The lowest BCUT2D eigenvalue weighted by molar-refractivity contribution is -0.200. The molecule has 5 atom stereocenters. The van der Waals surface area contributed by atoms with Crippen molar-refractivity contribution in [3.8, 4) is 0 Å². The van der Waals surface area contributed by atoms with Gasteiger partial charge in [-0.25, -0.2) is 0 Å². The van der Waals surface area contributed by atoms with Crippen LogP contribution >= 0.6 is 0 Å². The van der Waals surface area contributed by atoms with Gasteiger partial charge in [-0.05, 0) is 54.3 Å². The summed E-state index contributed by atoms with van der Waals surface area (Å²) in [4.78, 5) is 0. The summed E-state index contributed by atoms with van der Waals surface area (Å²) < 4.78 is 26.8. The Labute approximate surface area is 205 Å². The third kappa shape index (κ3) is 6.27. The van der Waals surface area contributed by atoms with Crippen LogP contribution in [0.4, 0.5) is 0 Å². The van der Waals surface area contributed by atoms with Gasteiger partial charge in [-0.1, -0.05) is 78.5 Å². The average Bonchev–Trinajstić information content (AvgIpc) is 2.68. The summed E-state index contributed by atoms with van der Waals surface area (Å²) in [6.45, 7) is 29.3. The Morgan fingerprint density at radius 2 is 1.27 bits per heavy atom. The van der Waals surface area contributed by atoms with Crippen molar-refractivity contribution in [2.45, 2.75) is 115 Å². The van der Waals surface area contributed by atoms with E-state index < -0.39 is 16.6 Å². The monoisotopic (exact) mass is 492 g/mol. The molecule has 0 radical (unpaired) electrons. The summed E-state index contributed by atoms with van der Waals surface area (Å²) in [5, 5.41) is 0.147. The summed E-state index contributed by atoms with van der Waals surface area (Å²) in [5.74, 6) is 0. The highest BCUT2D eigenvalue weighted by Crippen LogP contribution is 2.44. The van der Waals surface area contributed by atoms with Crippen molar-refractivity contribution < 1.29 is 18.3 Å². The molecule has 1 aliphatic heterocycles. The maximum Gasteiger partial charge on any atom is 0.192 e. The Morgan fingerprint density at radius 1 is 0.818 bits per heavy atom. The molecule has 0 unspecified atom stereocenters. The van der Waals surface area contributed by atoms with E-state index in [-0.39, 0.29) is 40.6 Å². The van der Waals surface area contributed by atoms with Gasteiger partial charge in [-0.15, -0.1) is 0 Å². The van der Waals surface area contributed by atoms with Crippen LogP contribution in [0.25, 0.3) is 5.57 Å². The second-order valence-electron chi connectivity index (χ2n) is 12.5. The lowest BCUT2D eigenvalue weighted by Crippen LogP contribution is -2.64. The van der Waals surface area contributed by atoms with E-state index >= 15 is 0 Å². The molecule has 0 spiro atoms. The molecule has 0 N–H and O–H groups in total. The molecule has 6 heteroatoms. The van der Waals surface area contributed by atoms with Gasteiger partial charge in [0.05, 0.1) is 12.2 Å². The predicted octanol–water partition coefficient (Wildman–Crippen LogP) is 7.28. The van der Waals surface area contributed by atoms with Crippen molar-refractivity contribution in [1.29, 1.82) is 0 Å². The quantitative estimate of drug-likeness (QED) is 0.375. The average molecular weight is 493 g/mol. The molecular formula is C27H48O4Si2. The van der Waals surface area contributed by atoms with Crippen molar-refractivity contribution in [1.82, 2.24) is 0 Å². The molecule has 0 aromatic heterocycles. The third-order valence-corrected chi connectivity index (χ3v) is 17.0. The zero-order valence-corrected chi connectivity index (χ0v) is 25.1. The minimum absolute atomic E-state index is 0.0583.